The summed E-state index contributed by atoms with van der Waals surface area (Å²) < 4.78 is 47.9. The first-order valence-electron chi connectivity index (χ1n) is 7.12. The van der Waals surface area contributed by atoms with Crippen molar-refractivity contribution in [3.8, 4) is 5.69 Å². The Kier molecular flexibility index (Phi) is 5.65. The third kappa shape index (κ3) is 4.62. The number of anilines is 1. The van der Waals surface area contributed by atoms with E-state index in [1.165, 1.54) is 24.3 Å². The van der Waals surface area contributed by atoms with E-state index in [0.717, 1.165) is 37.4 Å². The van der Waals surface area contributed by atoms with Gasteiger partial charge in [-0.2, -0.15) is 18.3 Å². The lowest BCUT2D eigenvalue weighted by Crippen LogP contribution is -2.15. The van der Waals surface area contributed by atoms with Gasteiger partial charge in [0.2, 0.25) is 0 Å². The molecule has 7 nitrogen and oxygen atoms in total. The molecule has 2 rings (SSSR count). The van der Waals surface area contributed by atoms with Crippen LogP contribution < -0.4 is 5.32 Å². The van der Waals surface area contributed by atoms with Gasteiger partial charge in [0, 0.05) is 11.9 Å². The number of alkyl halides is 3. The maximum atomic E-state index is 12.6. The minimum Gasteiger partial charge on any atom is -0.466 e. The quantitative estimate of drug-likeness (QED) is 0.644. The molecular weight excluding hydrogens is 355 g/mol. The van der Waals surface area contributed by atoms with Crippen LogP contribution in [0.2, 0.25) is 0 Å². The molecule has 0 bridgehead atoms. The maximum absolute atomic E-state index is 12.6. The molecule has 10 heteroatoms. The van der Waals surface area contributed by atoms with Crippen molar-refractivity contribution in [3.05, 3.63) is 54.0 Å². The van der Waals surface area contributed by atoms with Crippen LogP contribution in [-0.2, 0) is 25.2 Å². The van der Waals surface area contributed by atoms with Crippen molar-refractivity contribution in [3.63, 3.8) is 0 Å². The Hall–Kier alpha value is -3.30. The third-order valence-electron chi connectivity index (χ3n) is 3.19. The summed E-state index contributed by atoms with van der Waals surface area (Å²) in [4.78, 5) is 23.0. The number of hydrogen-bond donors (Lipinski definition) is 1. The van der Waals surface area contributed by atoms with Crippen LogP contribution in [0.1, 0.15) is 5.56 Å². The Morgan fingerprint density at radius 3 is 2.31 bits per heavy atom. The van der Waals surface area contributed by atoms with Crippen LogP contribution in [-0.4, -0.2) is 35.9 Å². The van der Waals surface area contributed by atoms with Crippen molar-refractivity contribution in [2.24, 2.45) is 0 Å². The van der Waals surface area contributed by atoms with E-state index in [9.17, 15) is 22.8 Å². The molecule has 0 spiro atoms. The molecule has 0 amide bonds. The van der Waals surface area contributed by atoms with E-state index >= 15 is 0 Å². The molecule has 2 aromatic rings. The van der Waals surface area contributed by atoms with Crippen LogP contribution in [0, 0.1) is 0 Å². The number of halogens is 3. The number of hydrogen-bond acceptors (Lipinski definition) is 6. The van der Waals surface area contributed by atoms with E-state index in [1.807, 2.05) is 0 Å². The highest BCUT2D eigenvalue weighted by atomic mass is 19.4. The summed E-state index contributed by atoms with van der Waals surface area (Å²) in [6.07, 6.45) is -1.98. The molecule has 0 fully saturated rings. The van der Waals surface area contributed by atoms with E-state index in [2.05, 4.69) is 19.9 Å². The Labute approximate surface area is 146 Å². The van der Waals surface area contributed by atoms with Gasteiger partial charge in [-0.1, -0.05) is 0 Å². The number of esters is 2. The van der Waals surface area contributed by atoms with Crippen molar-refractivity contribution in [1.82, 2.24) is 9.78 Å². The zero-order valence-electron chi connectivity index (χ0n) is 13.7. The zero-order valence-corrected chi connectivity index (χ0v) is 13.7. The van der Waals surface area contributed by atoms with E-state index in [1.54, 1.807) is 0 Å². The summed E-state index contributed by atoms with van der Waals surface area (Å²) in [6.45, 7) is 0. The fraction of sp³-hybridized carbons (Fsp3) is 0.188. The van der Waals surface area contributed by atoms with Crippen LogP contribution in [0.15, 0.2) is 48.4 Å². The summed E-state index contributed by atoms with van der Waals surface area (Å²) >= 11 is 0. The van der Waals surface area contributed by atoms with Gasteiger partial charge in [0.1, 0.15) is 5.70 Å². The second kappa shape index (κ2) is 7.72. The maximum Gasteiger partial charge on any atom is 0.419 e. The van der Waals surface area contributed by atoms with Crippen molar-refractivity contribution in [2.75, 3.05) is 19.5 Å². The van der Waals surface area contributed by atoms with Gasteiger partial charge in [0.05, 0.1) is 37.7 Å². The molecule has 0 aliphatic rings. The topological polar surface area (TPSA) is 82.5 Å². The number of nitrogens with zero attached hydrogens (tertiary/aromatic N) is 2. The molecule has 1 N–H and O–H groups in total. The standard InChI is InChI=1S/C16H14F3N3O4/c1-25-14(23)7-13(15(24)26-2)21-11-3-5-12(6-4-11)22-9-10(8-20-22)16(17,18)19/h3-9,21H,1-2H3/b13-7+. The number of aromatic nitrogens is 2. The molecule has 0 saturated carbocycles. The van der Waals surface area contributed by atoms with Gasteiger partial charge in [0.15, 0.2) is 0 Å². The van der Waals surface area contributed by atoms with Gasteiger partial charge in [-0.3, -0.25) is 0 Å². The van der Waals surface area contributed by atoms with Crippen LogP contribution in [0.4, 0.5) is 18.9 Å². The summed E-state index contributed by atoms with van der Waals surface area (Å²) in [5.41, 5.74) is -0.251. The first-order valence-corrected chi connectivity index (χ1v) is 7.12. The lowest BCUT2D eigenvalue weighted by atomic mass is 10.2. The zero-order chi connectivity index (χ0) is 19.3. The largest absolute Gasteiger partial charge is 0.466 e. The Bertz CT molecular complexity index is 826. The molecular formula is C16H14F3N3O4. The van der Waals surface area contributed by atoms with Crippen LogP contribution in [0.25, 0.3) is 5.69 Å². The molecule has 1 aromatic carbocycles. The Balaban J connectivity index is 2.20. The normalized spacial score (nSPS) is 11.8. The highest BCUT2D eigenvalue weighted by Crippen LogP contribution is 2.29. The number of carbonyl (C=O) groups is 2. The van der Waals surface area contributed by atoms with Crippen molar-refractivity contribution in [2.45, 2.75) is 6.18 Å². The summed E-state index contributed by atoms with van der Waals surface area (Å²) in [5, 5.41) is 6.34. The summed E-state index contributed by atoms with van der Waals surface area (Å²) in [7, 11) is 2.30. The number of benzene rings is 1. The SMILES string of the molecule is COC(=O)/C=C(/Nc1ccc(-n2cc(C(F)(F)F)cn2)cc1)C(=O)OC. The molecule has 0 unspecified atom stereocenters. The van der Waals surface area contributed by atoms with Gasteiger partial charge in [0.25, 0.3) is 0 Å². The number of carbonyl (C=O) groups excluding carboxylic acids is 2. The van der Waals surface area contributed by atoms with Crippen LogP contribution in [0.3, 0.4) is 0 Å². The Morgan fingerprint density at radius 2 is 1.81 bits per heavy atom. The summed E-state index contributed by atoms with van der Waals surface area (Å²) in [5.74, 6) is -1.55. The minimum absolute atomic E-state index is 0.162. The predicted octanol–water partition coefficient (Wildman–Crippen LogP) is 2.53. The highest BCUT2D eigenvalue weighted by molar-refractivity contribution is 5.98. The molecule has 1 aromatic heterocycles. The fourth-order valence-electron chi connectivity index (χ4n) is 1.90. The molecule has 1 heterocycles. The fourth-order valence-corrected chi connectivity index (χ4v) is 1.90. The molecule has 0 radical (unpaired) electrons. The second-order valence-corrected chi connectivity index (χ2v) is 4.92. The minimum atomic E-state index is -4.48. The predicted molar refractivity (Wildman–Crippen MR) is 84.3 cm³/mol. The molecule has 0 saturated heterocycles. The highest BCUT2D eigenvalue weighted by Gasteiger charge is 2.32. The number of ether oxygens (including phenoxy) is 2. The van der Waals surface area contributed by atoms with E-state index in [4.69, 9.17) is 0 Å². The average molecular weight is 369 g/mol. The van der Waals surface area contributed by atoms with E-state index < -0.39 is 23.7 Å². The van der Waals surface area contributed by atoms with Gasteiger partial charge in [-0.15, -0.1) is 0 Å². The summed E-state index contributed by atoms with van der Waals surface area (Å²) in [6, 6.07) is 5.97. The van der Waals surface area contributed by atoms with Crippen molar-refractivity contribution < 1.29 is 32.2 Å². The molecule has 0 aliphatic heterocycles. The number of methoxy groups -OCH3 is 2. The van der Waals surface area contributed by atoms with Crippen molar-refractivity contribution >= 4 is 17.6 Å². The van der Waals surface area contributed by atoms with Gasteiger partial charge < -0.3 is 14.8 Å². The first kappa shape index (κ1) is 19.0. The van der Waals surface area contributed by atoms with Gasteiger partial charge in [-0.05, 0) is 24.3 Å². The number of nitrogens with one attached hydrogen (secondary N) is 1. The van der Waals surface area contributed by atoms with E-state index in [0.29, 0.717) is 11.4 Å². The average Bonchev–Trinajstić information content (AvgIpc) is 3.11. The molecule has 0 aliphatic carbocycles. The monoisotopic (exact) mass is 369 g/mol. The van der Waals surface area contributed by atoms with Crippen LogP contribution in [0.5, 0.6) is 0 Å². The first-order chi connectivity index (χ1) is 12.2. The molecule has 138 valence electrons. The molecule has 0 atom stereocenters. The van der Waals surface area contributed by atoms with Gasteiger partial charge in [-0.25, -0.2) is 14.3 Å². The van der Waals surface area contributed by atoms with E-state index in [-0.39, 0.29) is 5.70 Å². The molecule has 26 heavy (non-hydrogen) atoms. The number of rotatable bonds is 5. The van der Waals surface area contributed by atoms with Crippen molar-refractivity contribution in [1.29, 1.82) is 0 Å². The second-order valence-electron chi connectivity index (χ2n) is 4.92. The lowest BCUT2D eigenvalue weighted by molar-refractivity contribution is -0.138. The third-order valence-corrected chi connectivity index (χ3v) is 3.19. The smallest absolute Gasteiger partial charge is 0.419 e. The van der Waals surface area contributed by atoms with Crippen LogP contribution >= 0.6 is 0 Å². The Morgan fingerprint density at radius 1 is 1.15 bits per heavy atom. The van der Waals surface area contributed by atoms with Gasteiger partial charge >= 0.3 is 18.1 Å². The lowest BCUT2D eigenvalue weighted by Gasteiger charge is -2.10.